The van der Waals surface area contributed by atoms with E-state index in [1.165, 1.54) is 18.4 Å². The number of ether oxygens (including phenoxy) is 2. The first kappa shape index (κ1) is 15.5. The van der Waals surface area contributed by atoms with Gasteiger partial charge in [-0.1, -0.05) is 6.07 Å². The van der Waals surface area contributed by atoms with E-state index in [2.05, 4.69) is 5.32 Å². The Morgan fingerprint density at radius 3 is 2.48 bits per heavy atom. The van der Waals surface area contributed by atoms with Gasteiger partial charge in [-0.05, 0) is 35.7 Å². The van der Waals surface area contributed by atoms with Gasteiger partial charge in [-0.3, -0.25) is 4.79 Å². The van der Waals surface area contributed by atoms with Crippen LogP contribution in [0.5, 0.6) is 5.75 Å². The summed E-state index contributed by atoms with van der Waals surface area (Å²) in [6, 6.07) is 9.84. The van der Waals surface area contributed by atoms with Gasteiger partial charge in [-0.15, -0.1) is 11.3 Å². The van der Waals surface area contributed by atoms with Crippen LogP contribution in [0, 0.1) is 0 Å². The third-order valence-corrected chi connectivity index (χ3v) is 3.97. The number of aliphatic hydroxyl groups excluding tert-OH is 1. The highest BCUT2D eigenvalue weighted by Crippen LogP contribution is 2.23. The SMILES string of the molecule is COc1ccc(C(=O)NC(c2cccs2)C(O)OC)cc1. The van der Waals surface area contributed by atoms with Crippen molar-refractivity contribution < 1.29 is 19.4 Å². The van der Waals surface area contributed by atoms with E-state index in [0.29, 0.717) is 11.3 Å². The minimum absolute atomic E-state index is 0.285. The molecule has 1 aromatic heterocycles. The predicted molar refractivity (Wildman–Crippen MR) is 80.5 cm³/mol. The Morgan fingerprint density at radius 2 is 1.95 bits per heavy atom. The number of hydrogen-bond acceptors (Lipinski definition) is 5. The van der Waals surface area contributed by atoms with Gasteiger partial charge in [0.1, 0.15) is 11.8 Å². The Labute approximate surface area is 127 Å². The number of aliphatic hydroxyl groups is 1. The van der Waals surface area contributed by atoms with E-state index < -0.39 is 12.3 Å². The lowest BCUT2D eigenvalue weighted by Crippen LogP contribution is -2.36. The molecule has 0 saturated heterocycles. The summed E-state index contributed by atoms with van der Waals surface area (Å²) in [5.74, 6) is 0.394. The van der Waals surface area contributed by atoms with Gasteiger partial charge in [0.05, 0.1) is 7.11 Å². The van der Waals surface area contributed by atoms with Crippen molar-refractivity contribution in [2.45, 2.75) is 12.3 Å². The molecule has 2 aromatic rings. The fourth-order valence-electron chi connectivity index (χ4n) is 1.85. The number of rotatable bonds is 6. The molecule has 112 valence electrons. The highest BCUT2D eigenvalue weighted by Gasteiger charge is 2.24. The molecule has 0 saturated carbocycles. The summed E-state index contributed by atoms with van der Waals surface area (Å²) >= 11 is 1.44. The number of benzene rings is 1. The first-order chi connectivity index (χ1) is 10.2. The minimum atomic E-state index is -1.11. The smallest absolute Gasteiger partial charge is 0.251 e. The van der Waals surface area contributed by atoms with E-state index in [9.17, 15) is 9.90 Å². The van der Waals surface area contributed by atoms with Gasteiger partial charge in [-0.2, -0.15) is 0 Å². The lowest BCUT2D eigenvalue weighted by Gasteiger charge is -2.22. The fourth-order valence-corrected chi connectivity index (χ4v) is 2.65. The zero-order chi connectivity index (χ0) is 15.2. The number of nitrogens with one attached hydrogen (secondary N) is 1. The molecule has 2 atom stereocenters. The molecule has 0 aliphatic rings. The van der Waals surface area contributed by atoms with Crippen molar-refractivity contribution >= 4 is 17.2 Å². The molecular weight excluding hydrogens is 290 g/mol. The molecule has 0 fully saturated rings. The molecule has 2 unspecified atom stereocenters. The van der Waals surface area contributed by atoms with Crippen molar-refractivity contribution in [3.8, 4) is 5.75 Å². The van der Waals surface area contributed by atoms with Crippen LogP contribution in [0.2, 0.25) is 0 Å². The number of carbonyl (C=O) groups excluding carboxylic acids is 1. The lowest BCUT2D eigenvalue weighted by atomic mass is 10.1. The molecule has 21 heavy (non-hydrogen) atoms. The monoisotopic (exact) mass is 307 g/mol. The van der Waals surface area contributed by atoms with Crippen molar-refractivity contribution in [3.63, 3.8) is 0 Å². The van der Waals surface area contributed by atoms with E-state index >= 15 is 0 Å². The quantitative estimate of drug-likeness (QED) is 0.803. The van der Waals surface area contributed by atoms with E-state index in [1.54, 1.807) is 31.4 Å². The molecule has 0 spiro atoms. The van der Waals surface area contributed by atoms with Crippen LogP contribution in [0.1, 0.15) is 21.3 Å². The Bertz CT molecular complexity index is 568. The summed E-state index contributed by atoms with van der Waals surface area (Å²) in [5, 5.41) is 14.6. The summed E-state index contributed by atoms with van der Waals surface area (Å²) in [6.45, 7) is 0. The fraction of sp³-hybridized carbons (Fsp3) is 0.267. The number of thiophene rings is 1. The Hall–Kier alpha value is -1.89. The number of carbonyl (C=O) groups is 1. The second kappa shape index (κ2) is 7.21. The van der Waals surface area contributed by atoms with Gasteiger partial charge in [0.15, 0.2) is 6.29 Å². The summed E-state index contributed by atoms with van der Waals surface area (Å²) in [4.78, 5) is 13.1. The third-order valence-electron chi connectivity index (χ3n) is 3.02. The Morgan fingerprint density at radius 1 is 1.24 bits per heavy atom. The van der Waals surface area contributed by atoms with E-state index in [0.717, 1.165) is 4.88 Å². The van der Waals surface area contributed by atoms with E-state index in [1.807, 2.05) is 17.5 Å². The van der Waals surface area contributed by atoms with Crippen molar-refractivity contribution in [1.82, 2.24) is 5.32 Å². The lowest BCUT2D eigenvalue weighted by molar-refractivity contribution is -0.0954. The van der Waals surface area contributed by atoms with Crippen molar-refractivity contribution in [2.75, 3.05) is 14.2 Å². The molecular formula is C15H17NO4S. The average Bonchev–Trinajstić information content (AvgIpc) is 3.05. The Kier molecular flexibility index (Phi) is 5.32. The number of methoxy groups -OCH3 is 2. The van der Waals surface area contributed by atoms with Gasteiger partial charge >= 0.3 is 0 Å². The van der Waals surface area contributed by atoms with Crippen LogP contribution in [0.25, 0.3) is 0 Å². The van der Waals surface area contributed by atoms with Crippen LogP contribution >= 0.6 is 11.3 Å². The molecule has 6 heteroatoms. The first-order valence-electron chi connectivity index (χ1n) is 6.35. The summed E-state index contributed by atoms with van der Waals surface area (Å²) in [6.07, 6.45) is -1.11. The second-order valence-electron chi connectivity index (χ2n) is 4.32. The molecule has 2 rings (SSSR count). The van der Waals surface area contributed by atoms with Crippen LogP contribution in [0.4, 0.5) is 0 Å². The summed E-state index contributed by atoms with van der Waals surface area (Å²) in [5.41, 5.74) is 0.487. The molecule has 1 amide bonds. The standard InChI is InChI=1S/C15H17NO4S/c1-19-11-7-5-10(6-8-11)14(17)16-13(15(18)20-2)12-4-3-9-21-12/h3-9,13,15,18H,1-2H3,(H,16,17). The molecule has 0 aliphatic heterocycles. The predicted octanol–water partition coefficient (Wildman–Crippen LogP) is 2.19. The van der Waals surface area contributed by atoms with Gasteiger partial charge < -0.3 is 19.9 Å². The van der Waals surface area contributed by atoms with Gasteiger partial charge in [0.2, 0.25) is 0 Å². The van der Waals surface area contributed by atoms with Crippen molar-refractivity contribution in [3.05, 3.63) is 52.2 Å². The molecule has 5 nitrogen and oxygen atoms in total. The van der Waals surface area contributed by atoms with Crippen LogP contribution in [0.15, 0.2) is 41.8 Å². The maximum absolute atomic E-state index is 12.3. The second-order valence-corrected chi connectivity index (χ2v) is 5.30. The van der Waals surface area contributed by atoms with Gasteiger partial charge in [-0.25, -0.2) is 0 Å². The topological polar surface area (TPSA) is 67.8 Å². The molecule has 0 aliphatic carbocycles. The molecule has 1 aromatic carbocycles. The van der Waals surface area contributed by atoms with Crippen LogP contribution < -0.4 is 10.1 Å². The van der Waals surface area contributed by atoms with Gasteiger partial charge in [0.25, 0.3) is 5.91 Å². The highest BCUT2D eigenvalue weighted by molar-refractivity contribution is 7.10. The van der Waals surface area contributed by atoms with E-state index in [-0.39, 0.29) is 5.91 Å². The largest absolute Gasteiger partial charge is 0.497 e. The molecule has 0 radical (unpaired) electrons. The average molecular weight is 307 g/mol. The number of amides is 1. The summed E-state index contributed by atoms with van der Waals surface area (Å²) in [7, 11) is 2.96. The van der Waals surface area contributed by atoms with Crippen molar-refractivity contribution in [1.29, 1.82) is 0 Å². The molecule has 2 N–H and O–H groups in total. The minimum Gasteiger partial charge on any atom is -0.497 e. The normalized spacial score (nSPS) is 13.5. The third kappa shape index (κ3) is 3.81. The maximum Gasteiger partial charge on any atom is 0.251 e. The maximum atomic E-state index is 12.3. The van der Waals surface area contributed by atoms with Crippen LogP contribution in [-0.4, -0.2) is 31.5 Å². The van der Waals surface area contributed by atoms with E-state index in [4.69, 9.17) is 9.47 Å². The van der Waals surface area contributed by atoms with Crippen molar-refractivity contribution in [2.24, 2.45) is 0 Å². The zero-order valence-electron chi connectivity index (χ0n) is 11.8. The first-order valence-corrected chi connectivity index (χ1v) is 7.23. The van der Waals surface area contributed by atoms with Crippen LogP contribution in [-0.2, 0) is 4.74 Å². The van der Waals surface area contributed by atoms with Crippen LogP contribution in [0.3, 0.4) is 0 Å². The Balaban J connectivity index is 2.14. The molecule has 0 bridgehead atoms. The molecule has 1 heterocycles. The van der Waals surface area contributed by atoms with Gasteiger partial charge in [0, 0.05) is 17.6 Å². The summed E-state index contributed by atoms with van der Waals surface area (Å²) < 4.78 is 9.99. The zero-order valence-corrected chi connectivity index (χ0v) is 12.6. The highest BCUT2D eigenvalue weighted by atomic mass is 32.1. The number of hydrogen-bond donors (Lipinski definition) is 2.